The van der Waals surface area contributed by atoms with E-state index in [0.29, 0.717) is 23.7 Å². The molecule has 8 heteroatoms. The number of carbonyl (C=O) groups excluding carboxylic acids is 1. The second-order valence-electron chi connectivity index (χ2n) is 6.45. The Bertz CT molecular complexity index is 956. The zero-order valence-corrected chi connectivity index (χ0v) is 16.3. The van der Waals surface area contributed by atoms with E-state index in [1.54, 1.807) is 14.2 Å². The Hall–Kier alpha value is -3.42. The van der Waals surface area contributed by atoms with Crippen molar-refractivity contribution < 1.29 is 14.3 Å². The number of hydrogen-bond acceptors (Lipinski definition) is 6. The summed E-state index contributed by atoms with van der Waals surface area (Å²) in [5.41, 5.74) is 3.79. The minimum absolute atomic E-state index is 0.204. The summed E-state index contributed by atoms with van der Waals surface area (Å²) in [7, 11) is 3.16. The fraction of sp³-hybridized carbons (Fsp3) is 0.300. The Kier molecular flexibility index (Phi) is 5.88. The van der Waals surface area contributed by atoms with Crippen molar-refractivity contribution in [1.82, 2.24) is 20.6 Å². The van der Waals surface area contributed by atoms with E-state index < -0.39 is 5.92 Å². The van der Waals surface area contributed by atoms with E-state index in [4.69, 9.17) is 9.47 Å². The predicted molar refractivity (Wildman–Crippen MR) is 105 cm³/mol. The molecule has 0 fully saturated rings. The van der Waals surface area contributed by atoms with Gasteiger partial charge in [0.1, 0.15) is 5.92 Å². The molecule has 0 aliphatic rings. The van der Waals surface area contributed by atoms with E-state index in [0.717, 1.165) is 22.4 Å². The van der Waals surface area contributed by atoms with E-state index in [9.17, 15) is 4.79 Å². The van der Waals surface area contributed by atoms with Gasteiger partial charge in [0.2, 0.25) is 5.91 Å². The van der Waals surface area contributed by atoms with Crippen LogP contribution in [0.4, 0.5) is 5.69 Å². The van der Waals surface area contributed by atoms with E-state index in [2.05, 4.69) is 25.9 Å². The number of rotatable bonds is 7. The lowest BCUT2D eigenvalue weighted by Crippen LogP contribution is -2.24. The number of amides is 1. The summed E-state index contributed by atoms with van der Waals surface area (Å²) in [6.45, 7) is 3.98. The van der Waals surface area contributed by atoms with Crippen molar-refractivity contribution in [3.8, 4) is 11.5 Å². The zero-order valence-electron chi connectivity index (χ0n) is 16.3. The molecule has 0 spiro atoms. The normalized spacial score (nSPS) is 11.7. The van der Waals surface area contributed by atoms with Gasteiger partial charge in [-0.2, -0.15) is 5.21 Å². The molecule has 1 heterocycles. The zero-order chi connectivity index (χ0) is 20.1. The van der Waals surface area contributed by atoms with Gasteiger partial charge < -0.3 is 14.8 Å². The van der Waals surface area contributed by atoms with Crippen LogP contribution in [-0.4, -0.2) is 40.8 Å². The Balaban J connectivity index is 1.88. The van der Waals surface area contributed by atoms with Crippen molar-refractivity contribution in [2.75, 3.05) is 19.5 Å². The van der Waals surface area contributed by atoms with Crippen molar-refractivity contribution in [3.05, 3.63) is 58.9 Å². The predicted octanol–water partition coefficient (Wildman–Crippen LogP) is 2.80. The van der Waals surface area contributed by atoms with Gasteiger partial charge in [-0.1, -0.05) is 23.4 Å². The molecule has 28 heavy (non-hydrogen) atoms. The van der Waals surface area contributed by atoms with Crippen LogP contribution in [0.15, 0.2) is 36.4 Å². The van der Waals surface area contributed by atoms with Crippen molar-refractivity contribution in [1.29, 1.82) is 0 Å². The highest BCUT2D eigenvalue weighted by Gasteiger charge is 2.26. The number of aromatic nitrogens is 4. The number of tetrazole rings is 1. The molecule has 146 valence electrons. The number of benzene rings is 2. The van der Waals surface area contributed by atoms with E-state index in [1.165, 1.54) is 0 Å². The van der Waals surface area contributed by atoms with E-state index in [1.807, 2.05) is 50.2 Å². The topological polar surface area (TPSA) is 102 Å². The summed E-state index contributed by atoms with van der Waals surface area (Å²) in [6.07, 6.45) is 0.386. The van der Waals surface area contributed by atoms with Crippen molar-refractivity contribution in [3.63, 3.8) is 0 Å². The first kappa shape index (κ1) is 19.3. The molecule has 3 rings (SSSR count). The SMILES string of the molecule is COc1ccc(CC(C(=O)Nc2cccc(C)c2C)c2nn[nH]n2)cc1OC. The fourth-order valence-electron chi connectivity index (χ4n) is 2.97. The first-order valence-electron chi connectivity index (χ1n) is 8.84. The molecule has 0 saturated carbocycles. The van der Waals surface area contributed by atoms with Crippen molar-refractivity contribution >= 4 is 11.6 Å². The number of carbonyl (C=O) groups is 1. The van der Waals surface area contributed by atoms with Gasteiger partial charge in [-0.05, 0) is 55.2 Å². The Morgan fingerprint density at radius 3 is 2.61 bits per heavy atom. The molecule has 1 atom stereocenters. The van der Waals surface area contributed by atoms with Crippen molar-refractivity contribution in [2.45, 2.75) is 26.2 Å². The summed E-state index contributed by atoms with van der Waals surface area (Å²) >= 11 is 0. The summed E-state index contributed by atoms with van der Waals surface area (Å²) in [5.74, 6) is 0.739. The lowest BCUT2D eigenvalue weighted by atomic mass is 9.97. The van der Waals surface area contributed by atoms with Crippen LogP contribution < -0.4 is 14.8 Å². The molecule has 0 radical (unpaired) electrons. The lowest BCUT2D eigenvalue weighted by Gasteiger charge is -2.17. The maximum Gasteiger partial charge on any atom is 0.235 e. The van der Waals surface area contributed by atoms with Gasteiger partial charge in [0.25, 0.3) is 0 Å². The molecule has 8 nitrogen and oxygen atoms in total. The standard InChI is InChI=1S/C20H23N5O3/c1-12-6-5-7-16(13(12)2)21-20(26)15(19-22-24-25-23-19)10-14-8-9-17(27-3)18(11-14)28-4/h5-9,11,15H,10H2,1-4H3,(H,21,26)(H,22,23,24,25). The molecular formula is C20H23N5O3. The van der Waals surface area contributed by atoms with Crippen molar-refractivity contribution in [2.24, 2.45) is 0 Å². The second kappa shape index (κ2) is 8.51. The number of aryl methyl sites for hydroxylation is 1. The Labute approximate surface area is 163 Å². The number of aromatic amines is 1. The molecule has 1 aromatic heterocycles. The highest BCUT2D eigenvalue weighted by Crippen LogP contribution is 2.30. The van der Waals surface area contributed by atoms with Crippen LogP contribution in [0.3, 0.4) is 0 Å². The highest BCUT2D eigenvalue weighted by molar-refractivity contribution is 5.96. The molecule has 0 aliphatic heterocycles. The van der Waals surface area contributed by atoms with Gasteiger partial charge in [-0.3, -0.25) is 4.79 Å². The maximum atomic E-state index is 13.1. The minimum atomic E-state index is -0.614. The fourth-order valence-corrected chi connectivity index (χ4v) is 2.97. The van der Waals surface area contributed by atoms with Gasteiger partial charge in [0, 0.05) is 5.69 Å². The monoisotopic (exact) mass is 381 g/mol. The quantitative estimate of drug-likeness (QED) is 0.652. The van der Waals surface area contributed by atoms with Crippen LogP contribution in [0.2, 0.25) is 0 Å². The maximum absolute atomic E-state index is 13.1. The third-order valence-corrected chi connectivity index (χ3v) is 4.74. The van der Waals surface area contributed by atoms with Crippen LogP contribution in [0, 0.1) is 13.8 Å². The number of H-pyrrole nitrogens is 1. The minimum Gasteiger partial charge on any atom is -0.493 e. The molecule has 0 saturated heterocycles. The molecule has 0 bridgehead atoms. The molecule has 1 amide bonds. The number of methoxy groups -OCH3 is 2. The molecular weight excluding hydrogens is 358 g/mol. The van der Waals surface area contributed by atoms with Gasteiger partial charge in [0.15, 0.2) is 17.3 Å². The summed E-state index contributed by atoms with van der Waals surface area (Å²) in [4.78, 5) is 13.1. The summed E-state index contributed by atoms with van der Waals surface area (Å²) < 4.78 is 10.6. The van der Waals surface area contributed by atoms with Gasteiger partial charge in [0.05, 0.1) is 14.2 Å². The number of nitrogens with zero attached hydrogens (tertiary/aromatic N) is 3. The van der Waals surface area contributed by atoms with Gasteiger partial charge in [-0.15, -0.1) is 10.2 Å². The lowest BCUT2D eigenvalue weighted by molar-refractivity contribution is -0.117. The third-order valence-electron chi connectivity index (χ3n) is 4.74. The first-order chi connectivity index (χ1) is 13.5. The number of nitrogens with one attached hydrogen (secondary N) is 2. The van der Waals surface area contributed by atoms with E-state index >= 15 is 0 Å². The molecule has 2 N–H and O–H groups in total. The van der Waals surface area contributed by atoms with E-state index in [-0.39, 0.29) is 5.91 Å². The van der Waals surface area contributed by atoms with Gasteiger partial charge in [-0.25, -0.2) is 0 Å². The van der Waals surface area contributed by atoms with Crippen LogP contribution in [0.1, 0.15) is 28.4 Å². The van der Waals surface area contributed by atoms with Crippen LogP contribution in [0.5, 0.6) is 11.5 Å². The largest absolute Gasteiger partial charge is 0.493 e. The highest BCUT2D eigenvalue weighted by atomic mass is 16.5. The van der Waals surface area contributed by atoms with Crippen LogP contribution >= 0.6 is 0 Å². The molecule has 2 aromatic carbocycles. The molecule has 1 unspecified atom stereocenters. The second-order valence-corrected chi connectivity index (χ2v) is 6.45. The Morgan fingerprint density at radius 2 is 1.93 bits per heavy atom. The number of anilines is 1. The molecule has 0 aliphatic carbocycles. The summed E-state index contributed by atoms with van der Waals surface area (Å²) in [6, 6.07) is 11.3. The average molecular weight is 381 g/mol. The van der Waals surface area contributed by atoms with Crippen LogP contribution in [-0.2, 0) is 11.2 Å². The summed E-state index contributed by atoms with van der Waals surface area (Å²) in [5, 5.41) is 17.1. The average Bonchev–Trinajstić information content (AvgIpc) is 3.23. The number of ether oxygens (including phenoxy) is 2. The Morgan fingerprint density at radius 1 is 1.14 bits per heavy atom. The third kappa shape index (κ3) is 4.11. The molecule has 3 aromatic rings. The number of hydrogen-bond donors (Lipinski definition) is 2. The van der Waals surface area contributed by atoms with Gasteiger partial charge >= 0.3 is 0 Å². The smallest absolute Gasteiger partial charge is 0.235 e. The van der Waals surface area contributed by atoms with Crippen LogP contribution in [0.25, 0.3) is 0 Å². The first-order valence-corrected chi connectivity index (χ1v) is 8.84.